The lowest BCUT2D eigenvalue weighted by atomic mass is 10.1. The number of nitrogens with zero attached hydrogens (tertiary/aromatic N) is 1. The Kier molecular flexibility index (Phi) is 7.15. The van der Waals surface area contributed by atoms with E-state index < -0.39 is 12.0 Å². The molecule has 0 bridgehead atoms. The highest BCUT2D eigenvalue weighted by Crippen LogP contribution is 2.04. The maximum absolute atomic E-state index is 11.2. The molecule has 0 saturated heterocycles. The largest absolute Gasteiger partial charge is 0.480 e. The van der Waals surface area contributed by atoms with Gasteiger partial charge in [-0.1, -0.05) is 36.8 Å². The lowest BCUT2D eigenvalue weighted by molar-refractivity contribution is -0.139. The first-order valence-electron chi connectivity index (χ1n) is 6.74. The van der Waals surface area contributed by atoms with Crippen molar-refractivity contribution in [1.29, 1.82) is 0 Å². The molecular weight excluding hydrogens is 240 g/mol. The lowest BCUT2D eigenvalue weighted by Gasteiger charge is -2.15. The average Bonchev–Trinajstić information content (AvgIpc) is 2.38. The van der Waals surface area contributed by atoms with Crippen molar-refractivity contribution in [3.05, 3.63) is 35.9 Å². The van der Waals surface area contributed by atoms with Gasteiger partial charge in [0.25, 0.3) is 0 Å². The number of carbonyl (C=O) groups is 1. The van der Waals surface area contributed by atoms with E-state index in [2.05, 4.69) is 10.2 Å². The fourth-order valence-corrected chi connectivity index (χ4v) is 1.93. The van der Waals surface area contributed by atoms with Crippen molar-refractivity contribution >= 4 is 5.97 Å². The molecule has 1 rings (SSSR count). The zero-order valence-electron chi connectivity index (χ0n) is 11.8. The summed E-state index contributed by atoms with van der Waals surface area (Å²) in [5.74, 6) is -0.763. The van der Waals surface area contributed by atoms with Crippen LogP contribution < -0.4 is 5.32 Å². The number of carboxylic acid groups (broad SMARTS) is 1. The van der Waals surface area contributed by atoms with Gasteiger partial charge in [0.1, 0.15) is 6.04 Å². The molecule has 0 aliphatic carbocycles. The molecule has 0 saturated carbocycles. The minimum atomic E-state index is -0.763. The Morgan fingerprint density at radius 3 is 2.53 bits per heavy atom. The first-order valence-corrected chi connectivity index (χ1v) is 6.74. The fourth-order valence-electron chi connectivity index (χ4n) is 1.93. The Hall–Kier alpha value is -1.39. The summed E-state index contributed by atoms with van der Waals surface area (Å²) in [5, 5.41) is 12.3. The highest BCUT2D eigenvalue weighted by molar-refractivity contribution is 5.73. The molecule has 106 valence electrons. The van der Waals surface area contributed by atoms with Crippen LogP contribution in [0.15, 0.2) is 30.3 Å². The minimum absolute atomic E-state index is 0.456. The zero-order chi connectivity index (χ0) is 14.1. The van der Waals surface area contributed by atoms with E-state index in [1.165, 1.54) is 0 Å². The molecule has 1 atom stereocenters. The number of nitrogens with one attached hydrogen (secondary N) is 1. The molecule has 19 heavy (non-hydrogen) atoms. The summed E-state index contributed by atoms with van der Waals surface area (Å²) < 4.78 is 0. The second-order valence-corrected chi connectivity index (χ2v) is 5.06. The molecule has 4 nitrogen and oxygen atoms in total. The standard InChI is InChI=1S/C15H24N2O2/c1-17(2)11-7-6-10-14(15(18)19)16-12-13-8-4-3-5-9-13/h3-5,8-9,14,16H,6-7,10-12H2,1-2H3,(H,18,19). The van der Waals surface area contributed by atoms with Gasteiger partial charge in [-0.3, -0.25) is 4.79 Å². The average molecular weight is 264 g/mol. The second kappa shape index (κ2) is 8.67. The molecule has 0 radical (unpaired) electrons. The smallest absolute Gasteiger partial charge is 0.320 e. The molecule has 0 aromatic heterocycles. The van der Waals surface area contributed by atoms with Crippen LogP contribution in [0.5, 0.6) is 0 Å². The van der Waals surface area contributed by atoms with Crippen molar-refractivity contribution in [2.75, 3.05) is 20.6 Å². The third kappa shape index (κ3) is 6.94. The van der Waals surface area contributed by atoms with Crippen molar-refractivity contribution < 1.29 is 9.90 Å². The van der Waals surface area contributed by atoms with Crippen LogP contribution in [0.25, 0.3) is 0 Å². The maximum Gasteiger partial charge on any atom is 0.320 e. The van der Waals surface area contributed by atoms with E-state index in [1.54, 1.807) is 0 Å². The highest BCUT2D eigenvalue weighted by Gasteiger charge is 2.15. The number of rotatable bonds is 9. The normalized spacial score (nSPS) is 12.6. The van der Waals surface area contributed by atoms with Crippen LogP contribution in [0.1, 0.15) is 24.8 Å². The molecule has 0 heterocycles. The Morgan fingerprint density at radius 1 is 1.26 bits per heavy atom. The third-order valence-corrected chi connectivity index (χ3v) is 3.04. The summed E-state index contributed by atoms with van der Waals surface area (Å²) in [6, 6.07) is 9.42. The number of unbranched alkanes of at least 4 members (excludes halogenated alkanes) is 1. The van der Waals surface area contributed by atoms with Crippen molar-refractivity contribution in [2.24, 2.45) is 0 Å². The quantitative estimate of drug-likeness (QED) is 0.670. The molecule has 0 aliphatic heterocycles. The second-order valence-electron chi connectivity index (χ2n) is 5.06. The number of hydrogen-bond donors (Lipinski definition) is 2. The maximum atomic E-state index is 11.2. The van der Waals surface area contributed by atoms with Crippen molar-refractivity contribution in [3.8, 4) is 0 Å². The molecule has 1 aromatic rings. The Bertz CT molecular complexity index is 366. The van der Waals surface area contributed by atoms with E-state index in [-0.39, 0.29) is 0 Å². The van der Waals surface area contributed by atoms with Gasteiger partial charge in [0.05, 0.1) is 0 Å². The zero-order valence-corrected chi connectivity index (χ0v) is 11.8. The van der Waals surface area contributed by atoms with E-state index >= 15 is 0 Å². The lowest BCUT2D eigenvalue weighted by Crippen LogP contribution is -2.36. The van der Waals surface area contributed by atoms with E-state index in [4.69, 9.17) is 0 Å². The molecule has 0 aliphatic rings. The van der Waals surface area contributed by atoms with Gasteiger partial charge >= 0.3 is 5.97 Å². The van der Waals surface area contributed by atoms with Crippen LogP contribution in [-0.2, 0) is 11.3 Å². The SMILES string of the molecule is CN(C)CCCCC(NCc1ccccc1)C(=O)O. The van der Waals surface area contributed by atoms with Crippen molar-refractivity contribution in [2.45, 2.75) is 31.8 Å². The van der Waals surface area contributed by atoms with Gasteiger partial charge in [-0.25, -0.2) is 0 Å². The predicted octanol–water partition coefficient (Wildman–Crippen LogP) is 1.96. The van der Waals surface area contributed by atoms with Crippen LogP contribution in [0.2, 0.25) is 0 Å². The van der Waals surface area contributed by atoms with Gasteiger partial charge in [-0.2, -0.15) is 0 Å². The van der Waals surface area contributed by atoms with Crippen LogP contribution in [0.4, 0.5) is 0 Å². The summed E-state index contributed by atoms with van der Waals surface area (Å²) in [6.07, 6.45) is 2.64. The van der Waals surface area contributed by atoms with Gasteiger partial charge in [0.2, 0.25) is 0 Å². The summed E-state index contributed by atoms with van der Waals surface area (Å²) >= 11 is 0. The topological polar surface area (TPSA) is 52.6 Å². The molecule has 0 amide bonds. The summed E-state index contributed by atoms with van der Waals surface area (Å²) in [7, 11) is 4.06. The Morgan fingerprint density at radius 2 is 1.95 bits per heavy atom. The predicted molar refractivity (Wildman–Crippen MR) is 77.1 cm³/mol. The van der Waals surface area contributed by atoms with Crippen molar-refractivity contribution in [1.82, 2.24) is 10.2 Å². The number of hydrogen-bond acceptors (Lipinski definition) is 3. The highest BCUT2D eigenvalue weighted by atomic mass is 16.4. The summed E-state index contributed by atoms with van der Waals surface area (Å²) in [4.78, 5) is 13.3. The molecular formula is C15H24N2O2. The number of aliphatic carboxylic acids is 1. The molecule has 1 aromatic carbocycles. The molecule has 0 spiro atoms. The Labute approximate surface area is 115 Å². The van der Waals surface area contributed by atoms with E-state index in [9.17, 15) is 9.90 Å². The summed E-state index contributed by atoms with van der Waals surface area (Å²) in [6.45, 7) is 1.61. The summed E-state index contributed by atoms with van der Waals surface area (Å²) in [5.41, 5.74) is 1.11. The monoisotopic (exact) mass is 264 g/mol. The van der Waals surface area contributed by atoms with Gasteiger partial charge < -0.3 is 15.3 Å². The van der Waals surface area contributed by atoms with Gasteiger partial charge in [-0.05, 0) is 39.0 Å². The molecule has 0 fully saturated rings. The minimum Gasteiger partial charge on any atom is -0.480 e. The third-order valence-electron chi connectivity index (χ3n) is 3.04. The van der Waals surface area contributed by atoms with Gasteiger partial charge in [0.15, 0.2) is 0 Å². The van der Waals surface area contributed by atoms with E-state index in [0.29, 0.717) is 13.0 Å². The van der Waals surface area contributed by atoms with E-state index in [0.717, 1.165) is 24.9 Å². The van der Waals surface area contributed by atoms with Crippen molar-refractivity contribution in [3.63, 3.8) is 0 Å². The first kappa shape index (κ1) is 15.7. The Balaban J connectivity index is 2.30. The van der Waals surface area contributed by atoms with Gasteiger partial charge in [0, 0.05) is 6.54 Å². The van der Waals surface area contributed by atoms with Crippen LogP contribution in [0, 0.1) is 0 Å². The number of carboxylic acids is 1. The molecule has 1 unspecified atom stereocenters. The molecule has 2 N–H and O–H groups in total. The first-order chi connectivity index (χ1) is 9.09. The molecule has 4 heteroatoms. The fraction of sp³-hybridized carbons (Fsp3) is 0.533. The van der Waals surface area contributed by atoms with Crippen LogP contribution >= 0.6 is 0 Å². The van der Waals surface area contributed by atoms with E-state index in [1.807, 2.05) is 44.4 Å². The van der Waals surface area contributed by atoms with Crippen LogP contribution in [0.3, 0.4) is 0 Å². The number of benzene rings is 1. The van der Waals surface area contributed by atoms with Gasteiger partial charge in [-0.15, -0.1) is 0 Å². The van der Waals surface area contributed by atoms with Crippen LogP contribution in [-0.4, -0.2) is 42.7 Å².